The van der Waals surface area contributed by atoms with Crippen LogP contribution in [0.15, 0.2) is 24.3 Å². The minimum absolute atomic E-state index is 0.0953. The van der Waals surface area contributed by atoms with Gasteiger partial charge in [-0.15, -0.1) is 0 Å². The van der Waals surface area contributed by atoms with Gasteiger partial charge < -0.3 is 15.0 Å². The molecule has 2 fully saturated rings. The predicted molar refractivity (Wildman–Crippen MR) is 134 cm³/mol. The minimum atomic E-state index is -3.20. The van der Waals surface area contributed by atoms with Gasteiger partial charge in [0.25, 0.3) is 0 Å². The monoisotopic (exact) mass is 465 g/mol. The minimum Gasteiger partial charge on any atom is -0.385 e. The zero-order valence-corrected chi connectivity index (χ0v) is 21.2. The summed E-state index contributed by atoms with van der Waals surface area (Å²) in [5.74, 6) is 0.592. The van der Waals surface area contributed by atoms with E-state index in [1.54, 1.807) is 0 Å². The van der Waals surface area contributed by atoms with Gasteiger partial charge in [-0.05, 0) is 83.1 Å². The van der Waals surface area contributed by atoms with E-state index in [4.69, 9.17) is 4.74 Å². The van der Waals surface area contributed by atoms with E-state index >= 15 is 0 Å². The number of morpholine rings is 1. The molecule has 3 rings (SSSR count). The van der Waals surface area contributed by atoms with E-state index in [1.165, 1.54) is 5.69 Å². The lowest BCUT2D eigenvalue weighted by Gasteiger charge is -2.37. The summed E-state index contributed by atoms with van der Waals surface area (Å²) in [5, 5.41) is 3.29. The molecule has 1 aliphatic carbocycles. The highest BCUT2D eigenvalue weighted by Crippen LogP contribution is 2.27. The van der Waals surface area contributed by atoms with E-state index in [2.05, 4.69) is 60.0 Å². The Morgan fingerprint density at radius 3 is 2.28 bits per heavy atom. The first-order valence-corrected chi connectivity index (χ1v) is 14.1. The fourth-order valence-corrected chi connectivity index (χ4v) is 6.33. The number of hydrogen-bond donors (Lipinski definition) is 2. The Hall–Kier alpha value is -1.31. The molecule has 3 atom stereocenters. The summed E-state index contributed by atoms with van der Waals surface area (Å²) >= 11 is 0. The normalized spacial score (nSPS) is 27.8. The quantitative estimate of drug-likeness (QED) is 0.521. The molecule has 0 bridgehead atoms. The molecular formula is C25H43N3O3S. The van der Waals surface area contributed by atoms with Crippen LogP contribution in [-0.2, 0) is 14.8 Å². The second kappa shape index (κ2) is 11.7. The molecule has 0 spiro atoms. The third kappa shape index (κ3) is 7.35. The van der Waals surface area contributed by atoms with Crippen molar-refractivity contribution in [3.63, 3.8) is 0 Å². The zero-order chi connectivity index (χ0) is 23.1. The van der Waals surface area contributed by atoms with Gasteiger partial charge in [0, 0.05) is 37.1 Å². The van der Waals surface area contributed by atoms with Crippen LogP contribution in [-0.4, -0.2) is 51.6 Å². The topological polar surface area (TPSA) is 70.7 Å². The average Bonchev–Trinajstić information content (AvgIpc) is 2.76. The highest BCUT2D eigenvalue weighted by Gasteiger charge is 2.28. The Balaban J connectivity index is 1.40. The molecule has 1 aromatic rings. The number of hydrogen-bond acceptors (Lipinski definition) is 5. The van der Waals surface area contributed by atoms with Crippen molar-refractivity contribution in [2.75, 3.05) is 29.9 Å². The maximum Gasteiger partial charge on any atom is 0.214 e. The van der Waals surface area contributed by atoms with Crippen molar-refractivity contribution >= 4 is 21.4 Å². The number of sulfonamides is 1. The van der Waals surface area contributed by atoms with Crippen LogP contribution in [0.2, 0.25) is 0 Å². The third-order valence-electron chi connectivity index (χ3n) is 6.92. The van der Waals surface area contributed by atoms with Crippen LogP contribution in [0.3, 0.4) is 0 Å². The summed E-state index contributed by atoms with van der Waals surface area (Å²) in [6.45, 7) is 11.0. The van der Waals surface area contributed by atoms with E-state index in [9.17, 15) is 8.42 Å². The van der Waals surface area contributed by atoms with E-state index < -0.39 is 10.0 Å². The van der Waals surface area contributed by atoms with Gasteiger partial charge in [-0.3, -0.25) is 0 Å². The maximum absolute atomic E-state index is 12.5. The van der Waals surface area contributed by atoms with Gasteiger partial charge >= 0.3 is 0 Å². The molecule has 1 saturated carbocycles. The summed E-state index contributed by atoms with van der Waals surface area (Å²) in [4.78, 5) is 2.40. The van der Waals surface area contributed by atoms with Crippen molar-refractivity contribution in [3.8, 4) is 0 Å². The largest absolute Gasteiger partial charge is 0.385 e. The zero-order valence-electron chi connectivity index (χ0n) is 20.3. The molecule has 182 valence electrons. The van der Waals surface area contributed by atoms with Crippen molar-refractivity contribution in [2.24, 2.45) is 5.92 Å². The predicted octanol–water partition coefficient (Wildman–Crippen LogP) is 4.77. The second-order valence-corrected chi connectivity index (χ2v) is 12.1. The van der Waals surface area contributed by atoms with Crippen molar-refractivity contribution in [1.82, 2.24) is 4.72 Å². The SMILES string of the molecule is CCCCC(C)S(=O)(=O)N[C@H]1CC[C@H](CNc2ccc(N3C[C@@H](C)O[C@@H](C)C3)cc2)CC1. The number of nitrogens with one attached hydrogen (secondary N) is 2. The van der Waals surface area contributed by atoms with Crippen LogP contribution in [0.1, 0.15) is 72.6 Å². The van der Waals surface area contributed by atoms with Gasteiger partial charge in [0.1, 0.15) is 0 Å². The number of rotatable bonds is 10. The van der Waals surface area contributed by atoms with Crippen molar-refractivity contribution in [3.05, 3.63) is 24.3 Å². The lowest BCUT2D eigenvalue weighted by molar-refractivity contribution is -0.00521. The number of anilines is 2. The third-order valence-corrected chi connectivity index (χ3v) is 8.88. The first-order chi connectivity index (χ1) is 15.3. The van der Waals surface area contributed by atoms with Crippen molar-refractivity contribution in [1.29, 1.82) is 0 Å². The molecule has 1 heterocycles. The molecule has 1 unspecified atom stereocenters. The molecule has 1 saturated heterocycles. The van der Waals surface area contributed by atoms with E-state index in [0.29, 0.717) is 5.92 Å². The Morgan fingerprint density at radius 2 is 1.69 bits per heavy atom. The molecule has 0 amide bonds. The Morgan fingerprint density at radius 1 is 1.06 bits per heavy atom. The summed E-state index contributed by atoms with van der Waals surface area (Å²) < 4.78 is 33.9. The standard InChI is InChI=1S/C25H43N3O3S/c1-5-6-7-21(4)32(29,30)27-24-10-8-22(9-11-24)16-26-23-12-14-25(15-13-23)28-17-19(2)31-20(3)18-28/h12-15,19-22,24,26-27H,5-11,16-18H2,1-4H3/t19-,20+,21?,22-,24-. The molecule has 2 N–H and O–H groups in total. The highest BCUT2D eigenvalue weighted by atomic mass is 32.2. The molecule has 32 heavy (non-hydrogen) atoms. The van der Waals surface area contributed by atoms with Crippen molar-refractivity contribution < 1.29 is 13.2 Å². The summed E-state index contributed by atoms with van der Waals surface area (Å²) in [6.07, 6.45) is 7.24. The highest BCUT2D eigenvalue weighted by molar-refractivity contribution is 7.90. The molecule has 0 radical (unpaired) electrons. The van der Waals surface area contributed by atoms with Crippen LogP contribution >= 0.6 is 0 Å². The Bertz CT molecular complexity index is 781. The summed E-state index contributed by atoms with van der Waals surface area (Å²) in [5.41, 5.74) is 2.40. The molecule has 1 aliphatic heterocycles. The van der Waals surface area contributed by atoms with Crippen LogP contribution in [0.25, 0.3) is 0 Å². The fourth-order valence-electron chi connectivity index (χ4n) is 4.92. The lowest BCUT2D eigenvalue weighted by Crippen LogP contribution is -2.45. The summed E-state index contributed by atoms with van der Waals surface area (Å²) in [6, 6.07) is 8.81. The van der Waals surface area contributed by atoms with E-state index in [-0.39, 0.29) is 23.5 Å². The van der Waals surface area contributed by atoms with Gasteiger partial charge in [0.2, 0.25) is 10.0 Å². The molecule has 2 aliphatic rings. The van der Waals surface area contributed by atoms with Gasteiger partial charge in [-0.1, -0.05) is 19.8 Å². The lowest BCUT2D eigenvalue weighted by atomic mass is 9.86. The van der Waals surface area contributed by atoms with Gasteiger partial charge in [0.05, 0.1) is 17.5 Å². The number of nitrogens with zero attached hydrogens (tertiary/aromatic N) is 1. The van der Waals surface area contributed by atoms with Crippen LogP contribution in [0.5, 0.6) is 0 Å². The Kier molecular flexibility index (Phi) is 9.26. The van der Waals surface area contributed by atoms with Gasteiger partial charge in [0.15, 0.2) is 0 Å². The van der Waals surface area contributed by atoms with Crippen LogP contribution in [0, 0.1) is 5.92 Å². The number of ether oxygens (including phenoxy) is 1. The van der Waals surface area contributed by atoms with Crippen molar-refractivity contribution in [2.45, 2.75) is 96.1 Å². The maximum atomic E-state index is 12.5. The van der Waals surface area contributed by atoms with Crippen LogP contribution < -0.4 is 14.9 Å². The molecule has 1 aromatic carbocycles. The Labute approximate surface area is 195 Å². The second-order valence-electron chi connectivity index (χ2n) is 9.92. The molecule has 6 nitrogen and oxygen atoms in total. The van der Waals surface area contributed by atoms with Crippen LogP contribution in [0.4, 0.5) is 11.4 Å². The smallest absolute Gasteiger partial charge is 0.214 e. The van der Waals surface area contributed by atoms with Gasteiger partial charge in [-0.2, -0.15) is 0 Å². The average molecular weight is 466 g/mol. The number of benzene rings is 1. The molecule has 7 heteroatoms. The number of unbranched alkanes of at least 4 members (excludes halogenated alkanes) is 1. The first-order valence-electron chi connectivity index (χ1n) is 12.5. The van der Waals surface area contributed by atoms with E-state index in [0.717, 1.165) is 70.3 Å². The summed E-state index contributed by atoms with van der Waals surface area (Å²) in [7, 11) is -3.20. The fraction of sp³-hybridized carbons (Fsp3) is 0.760. The van der Waals surface area contributed by atoms with Gasteiger partial charge in [-0.25, -0.2) is 13.1 Å². The first kappa shape index (κ1) is 25.3. The molecular weight excluding hydrogens is 422 g/mol. The molecule has 0 aromatic heterocycles. The van der Waals surface area contributed by atoms with E-state index in [1.807, 2.05) is 6.92 Å².